The van der Waals surface area contributed by atoms with Crippen molar-refractivity contribution in [1.82, 2.24) is 15.2 Å². The summed E-state index contributed by atoms with van der Waals surface area (Å²) in [5, 5.41) is 4.49. The number of carbonyl (C=O) groups is 1. The van der Waals surface area contributed by atoms with Crippen LogP contribution in [0.2, 0.25) is 5.02 Å². The number of hydrogen-bond acceptors (Lipinski definition) is 5. The van der Waals surface area contributed by atoms with Gasteiger partial charge < -0.3 is 11.1 Å². The predicted octanol–water partition coefficient (Wildman–Crippen LogP) is 5.02. The molecule has 0 fully saturated rings. The number of thiophene rings is 1. The first-order chi connectivity index (χ1) is 15.6. The molecule has 3 N–H and O–H groups in total. The molecule has 4 aromatic rings. The lowest BCUT2D eigenvalue weighted by molar-refractivity contribution is 0.0956. The Morgan fingerprint density at radius 1 is 1.12 bits per heavy atom. The minimum absolute atomic E-state index is 0.177. The number of carbonyl (C=O) groups excluding carboxylic acids is 1. The molecule has 1 aliphatic rings. The zero-order chi connectivity index (χ0) is 22.1. The van der Waals surface area contributed by atoms with Crippen molar-refractivity contribution >= 4 is 44.7 Å². The molecule has 3 heterocycles. The molecular formula is C25H23ClN4OS. The third kappa shape index (κ3) is 4.35. The van der Waals surface area contributed by atoms with Gasteiger partial charge in [-0.15, -0.1) is 11.3 Å². The van der Waals surface area contributed by atoms with Crippen LogP contribution < -0.4 is 11.1 Å². The van der Waals surface area contributed by atoms with Gasteiger partial charge in [0.15, 0.2) is 0 Å². The molecule has 5 rings (SSSR count). The summed E-state index contributed by atoms with van der Waals surface area (Å²) in [6.07, 6.45) is 0.897. The van der Waals surface area contributed by atoms with Gasteiger partial charge in [-0.05, 0) is 34.9 Å². The molecule has 0 spiro atoms. The Kier molecular flexibility index (Phi) is 5.83. The number of hydrogen-bond donors (Lipinski definition) is 2. The predicted molar refractivity (Wildman–Crippen MR) is 131 cm³/mol. The van der Waals surface area contributed by atoms with Gasteiger partial charge in [-0.3, -0.25) is 9.69 Å². The van der Waals surface area contributed by atoms with E-state index in [1.807, 2.05) is 30.3 Å². The van der Waals surface area contributed by atoms with E-state index < -0.39 is 0 Å². The summed E-state index contributed by atoms with van der Waals surface area (Å²) in [4.78, 5) is 21.4. The van der Waals surface area contributed by atoms with Gasteiger partial charge in [-0.2, -0.15) is 0 Å². The molecule has 0 atom stereocenters. The summed E-state index contributed by atoms with van der Waals surface area (Å²) in [5.41, 5.74) is 11.5. The van der Waals surface area contributed by atoms with Gasteiger partial charge in [0.1, 0.15) is 9.71 Å². The van der Waals surface area contributed by atoms with E-state index in [-0.39, 0.29) is 5.91 Å². The van der Waals surface area contributed by atoms with Crippen LogP contribution in [0.4, 0.5) is 5.69 Å². The Morgan fingerprint density at radius 2 is 1.91 bits per heavy atom. The summed E-state index contributed by atoms with van der Waals surface area (Å²) in [7, 11) is 0. The number of amides is 1. The van der Waals surface area contributed by atoms with Gasteiger partial charge in [-0.25, -0.2) is 4.98 Å². The van der Waals surface area contributed by atoms with Crippen molar-refractivity contribution in [2.45, 2.75) is 26.1 Å². The minimum Gasteiger partial charge on any atom is -0.397 e. The number of nitrogens with zero attached hydrogens (tertiary/aromatic N) is 2. The number of halogens is 1. The van der Waals surface area contributed by atoms with Gasteiger partial charge in [0.05, 0.1) is 5.69 Å². The fourth-order valence-electron chi connectivity index (χ4n) is 4.07. The van der Waals surface area contributed by atoms with Crippen LogP contribution in [0, 0.1) is 0 Å². The number of benzene rings is 2. The molecule has 2 aromatic heterocycles. The molecule has 0 saturated carbocycles. The Hall–Kier alpha value is -2.93. The zero-order valence-corrected chi connectivity index (χ0v) is 19.0. The van der Waals surface area contributed by atoms with Gasteiger partial charge in [0.25, 0.3) is 5.91 Å². The molecule has 0 aliphatic carbocycles. The molecule has 2 aromatic carbocycles. The maximum Gasteiger partial charge on any atom is 0.263 e. The van der Waals surface area contributed by atoms with Crippen LogP contribution in [0.3, 0.4) is 0 Å². The van der Waals surface area contributed by atoms with E-state index in [0.29, 0.717) is 22.1 Å². The SMILES string of the molecule is Nc1c(C(=O)NCc2ccc(Cl)cc2)sc2nc3c(cc12)CN(Cc1ccccc1)CC3. The summed E-state index contributed by atoms with van der Waals surface area (Å²) < 4.78 is 0. The smallest absolute Gasteiger partial charge is 0.263 e. The zero-order valence-electron chi connectivity index (χ0n) is 17.5. The standard InChI is InChI=1S/C25H23ClN4OS/c26-19-8-6-16(7-9-19)13-28-24(31)23-22(27)20-12-18-15-30(14-17-4-2-1-3-5-17)11-10-21(18)29-25(20)32-23/h1-9,12H,10-11,13-15,27H2,(H,28,31). The minimum atomic E-state index is -0.177. The van der Waals surface area contributed by atoms with Crippen molar-refractivity contribution in [3.63, 3.8) is 0 Å². The first-order valence-corrected chi connectivity index (χ1v) is 11.8. The second kappa shape index (κ2) is 8.90. The molecule has 0 radical (unpaired) electrons. The first-order valence-electron chi connectivity index (χ1n) is 10.6. The lowest BCUT2D eigenvalue weighted by atomic mass is 10.0. The number of nitrogen functional groups attached to an aromatic ring is 1. The lowest BCUT2D eigenvalue weighted by Gasteiger charge is -2.28. The second-order valence-electron chi connectivity index (χ2n) is 8.05. The Bertz CT molecular complexity index is 1270. The average Bonchev–Trinajstić information content (AvgIpc) is 3.13. The highest BCUT2D eigenvalue weighted by Gasteiger charge is 2.22. The van der Waals surface area contributed by atoms with Crippen LogP contribution in [0.25, 0.3) is 10.2 Å². The van der Waals surface area contributed by atoms with Crippen LogP contribution in [-0.2, 0) is 26.1 Å². The molecule has 0 unspecified atom stereocenters. The van der Waals surface area contributed by atoms with E-state index >= 15 is 0 Å². The summed E-state index contributed by atoms with van der Waals surface area (Å²) in [5.74, 6) is -0.177. The summed E-state index contributed by atoms with van der Waals surface area (Å²) in [6.45, 7) is 3.13. The first kappa shape index (κ1) is 20.9. The normalized spacial score (nSPS) is 13.8. The molecule has 1 aliphatic heterocycles. The van der Waals surface area contributed by atoms with E-state index in [4.69, 9.17) is 22.3 Å². The molecule has 162 valence electrons. The van der Waals surface area contributed by atoms with Crippen LogP contribution in [0.1, 0.15) is 32.1 Å². The number of anilines is 1. The highest BCUT2D eigenvalue weighted by molar-refractivity contribution is 7.21. The molecular weight excluding hydrogens is 440 g/mol. The number of aromatic nitrogens is 1. The van der Waals surface area contributed by atoms with E-state index in [9.17, 15) is 4.79 Å². The lowest BCUT2D eigenvalue weighted by Crippen LogP contribution is -2.30. The maximum atomic E-state index is 12.8. The average molecular weight is 463 g/mol. The molecule has 0 bridgehead atoms. The summed E-state index contributed by atoms with van der Waals surface area (Å²) in [6, 6.07) is 20.0. The fraction of sp³-hybridized carbons (Fsp3) is 0.200. The number of nitrogens with one attached hydrogen (secondary N) is 1. The van der Waals surface area contributed by atoms with Crippen molar-refractivity contribution in [3.05, 3.63) is 92.9 Å². The molecule has 0 saturated heterocycles. The van der Waals surface area contributed by atoms with E-state index in [1.165, 1.54) is 22.5 Å². The number of rotatable bonds is 5. The van der Waals surface area contributed by atoms with Crippen LogP contribution in [0.15, 0.2) is 60.7 Å². The topological polar surface area (TPSA) is 71.2 Å². The van der Waals surface area contributed by atoms with Crippen LogP contribution in [-0.4, -0.2) is 22.3 Å². The third-order valence-electron chi connectivity index (χ3n) is 5.77. The Labute approximate surface area is 195 Å². The van der Waals surface area contributed by atoms with Crippen molar-refractivity contribution in [2.24, 2.45) is 0 Å². The highest BCUT2D eigenvalue weighted by atomic mass is 35.5. The third-order valence-corrected chi connectivity index (χ3v) is 7.14. The van der Waals surface area contributed by atoms with Crippen molar-refractivity contribution in [2.75, 3.05) is 12.3 Å². The second-order valence-corrected chi connectivity index (χ2v) is 9.48. The van der Waals surface area contributed by atoms with Crippen LogP contribution in [0.5, 0.6) is 0 Å². The highest BCUT2D eigenvalue weighted by Crippen LogP contribution is 2.35. The van der Waals surface area contributed by atoms with E-state index in [2.05, 4.69) is 40.5 Å². The Morgan fingerprint density at radius 3 is 2.69 bits per heavy atom. The molecule has 1 amide bonds. The van der Waals surface area contributed by atoms with Crippen molar-refractivity contribution in [3.8, 4) is 0 Å². The fourth-order valence-corrected chi connectivity index (χ4v) is 5.20. The van der Waals surface area contributed by atoms with Gasteiger partial charge in [0, 0.05) is 48.7 Å². The number of fused-ring (bicyclic) bond motifs is 2. The van der Waals surface area contributed by atoms with Gasteiger partial charge in [-0.1, -0.05) is 54.1 Å². The van der Waals surface area contributed by atoms with Gasteiger partial charge in [0.2, 0.25) is 0 Å². The molecule has 32 heavy (non-hydrogen) atoms. The Balaban J connectivity index is 1.34. The summed E-state index contributed by atoms with van der Waals surface area (Å²) >= 11 is 7.29. The molecule has 7 heteroatoms. The van der Waals surface area contributed by atoms with E-state index in [1.54, 1.807) is 0 Å². The van der Waals surface area contributed by atoms with Crippen molar-refractivity contribution in [1.29, 1.82) is 0 Å². The maximum absolute atomic E-state index is 12.8. The molecule has 5 nitrogen and oxygen atoms in total. The quantitative estimate of drug-likeness (QED) is 0.437. The van der Waals surface area contributed by atoms with Crippen molar-refractivity contribution < 1.29 is 4.79 Å². The monoisotopic (exact) mass is 462 g/mol. The number of pyridine rings is 1. The number of nitrogens with two attached hydrogens (primary N) is 1. The van der Waals surface area contributed by atoms with Crippen LogP contribution >= 0.6 is 22.9 Å². The largest absolute Gasteiger partial charge is 0.397 e. The van der Waals surface area contributed by atoms with Gasteiger partial charge >= 0.3 is 0 Å². The van der Waals surface area contributed by atoms with E-state index in [0.717, 1.165) is 47.5 Å².